The first-order valence-corrected chi connectivity index (χ1v) is 4.88. The topological polar surface area (TPSA) is 38.3 Å². The van der Waals surface area contributed by atoms with Gasteiger partial charge in [-0.05, 0) is 27.7 Å². The molecule has 0 aliphatic heterocycles. The molecule has 0 atom stereocenters. The van der Waals surface area contributed by atoms with Gasteiger partial charge in [0, 0.05) is 13.1 Å². The van der Waals surface area contributed by atoms with E-state index in [0.717, 1.165) is 12.1 Å². The van der Waals surface area contributed by atoms with E-state index in [4.69, 9.17) is 4.74 Å². The van der Waals surface area contributed by atoms with E-state index in [1.165, 1.54) is 0 Å². The molecule has 0 heterocycles. The van der Waals surface area contributed by atoms with Crippen molar-refractivity contribution in [1.29, 1.82) is 0 Å². The van der Waals surface area contributed by atoms with Crippen LogP contribution >= 0.6 is 0 Å². The fourth-order valence-corrected chi connectivity index (χ4v) is 0.885. The lowest BCUT2D eigenvalue weighted by atomic mass is 10.2. The van der Waals surface area contributed by atoms with Crippen LogP contribution in [0.2, 0.25) is 0 Å². The molecule has 0 unspecified atom stereocenters. The molecule has 3 heteroatoms. The highest BCUT2D eigenvalue weighted by Gasteiger charge is 2.15. The minimum atomic E-state index is -0.383. The minimum Gasteiger partial charge on any atom is -0.460 e. The van der Waals surface area contributed by atoms with E-state index in [-0.39, 0.29) is 11.6 Å². The van der Waals surface area contributed by atoms with Crippen molar-refractivity contribution in [2.24, 2.45) is 0 Å². The average Bonchev–Trinajstić information content (AvgIpc) is 1.94. The van der Waals surface area contributed by atoms with E-state index in [9.17, 15) is 4.79 Å². The molecule has 1 N–H and O–H groups in total. The number of esters is 1. The van der Waals surface area contributed by atoms with Crippen LogP contribution in [0.5, 0.6) is 0 Å². The second kappa shape index (κ2) is 5.81. The molecule has 0 rings (SSSR count). The van der Waals surface area contributed by atoms with Gasteiger partial charge in [-0.25, -0.2) is 0 Å². The van der Waals surface area contributed by atoms with Gasteiger partial charge in [0.2, 0.25) is 0 Å². The lowest BCUT2D eigenvalue weighted by Crippen LogP contribution is -2.27. The van der Waals surface area contributed by atoms with Gasteiger partial charge in [0.05, 0.1) is 6.42 Å². The molecular formula is C11H21NO2. The van der Waals surface area contributed by atoms with Crippen LogP contribution in [0.15, 0.2) is 12.2 Å². The van der Waals surface area contributed by atoms with Crippen molar-refractivity contribution in [1.82, 2.24) is 5.32 Å². The average molecular weight is 199 g/mol. The van der Waals surface area contributed by atoms with Crippen LogP contribution in [0.3, 0.4) is 0 Å². The maximum Gasteiger partial charge on any atom is 0.307 e. The Hall–Kier alpha value is -0.830. The van der Waals surface area contributed by atoms with Crippen molar-refractivity contribution >= 4 is 5.97 Å². The van der Waals surface area contributed by atoms with E-state index in [1.807, 2.05) is 27.7 Å². The van der Waals surface area contributed by atoms with Crippen molar-refractivity contribution in [3.8, 4) is 0 Å². The Bertz CT molecular complexity index is 204. The first-order valence-electron chi connectivity index (χ1n) is 4.88. The number of nitrogens with one attached hydrogen (secondary N) is 1. The second-order valence-corrected chi connectivity index (χ2v) is 4.47. The van der Waals surface area contributed by atoms with Gasteiger partial charge < -0.3 is 10.1 Å². The summed E-state index contributed by atoms with van der Waals surface area (Å²) in [5.74, 6) is -0.160. The van der Waals surface area contributed by atoms with Crippen LogP contribution in [0, 0.1) is 0 Å². The highest BCUT2D eigenvalue weighted by molar-refractivity contribution is 5.70. The zero-order valence-electron chi connectivity index (χ0n) is 9.64. The molecule has 0 saturated carbocycles. The normalized spacial score (nSPS) is 11.1. The molecule has 0 aromatic rings. The number of carbonyl (C=O) groups excluding carboxylic acids is 1. The SMILES string of the molecule is C=C(C)CNCCC(=O)OC(C)(C)C. The van der Waals surface area contributed by atoms with Crippen LogP contribution in [0.25, 0.3) is 0 Å². The summed E-state index contributed by atoms with van der Waals surface area (Å²) < 4.78 is 5.14. The van der Waals surface area contributed by atoms with Crippen LogP contribution < -0.4 is 5.32 Å². The summed E-state index contributed by atoms with van der Waals surface area (Å²) in [6.07, 6.45) is 0.407. The summed E-state index contributed by atoms with van der Waals surface area (Å²) in [7, 11) is 0. The monoisotopic (exact) mass is 199 g/mol. The molecule has 0 spiro atoms. The highest BCUT2D eigenvalue weighted by atomic mass is 16.6. The van der Waals surface area contributed by atoms with Gasteiger partial charge in [0.25, 0.3) is 0 Å². The molecule has 0 amide bonds. The van der Waals surface area contributed by atoms with Gasteiger partial charge in [-0.3, -0.25) is 4.79 Å². The molecule has 0 fully saturated rings. The van der Waals surface area contributed by atoms with Crippen molar-refractivity contribution in [3.63, 3.8) is 0 Å². The number of ether oxygens (including phenoxy) is 1. The van der Waals surface area contributed by atoms with Gasteiger partial charge >= 0.3 is 5.97 Å². The molecule has 0 aromatic heterocycles. The molecule has 14 heavy (non-hydrogen) atoms. The van der Waals surface area contributed by atoms with Crippen LogP contribution in [-0.4, -0.2) is 24.7 Å². The smallest absolute Gasteiger partial charge is 0.307 e. The third kappa shape index (κ3) is 9.26. The number of hydrogen-bond donors (Lipinski definition) is 1. The summed E-state index contributed by atoms with van der Waals surface area (Å²) in [4.78, 5) is 11.2. The largest absolute Gasteiger partial charge is 0.460 e. The third-order valence-electron chi connectivity index (χ3n) is 1.35. The Kier molecular flexibility index (Phi) is 5.46. The van der Waals surface area contributed by atoms with E-state index < -0.39 is 0 Å². The molecule has 82 valence electrons. The highest BCUT2D eigenvalue weighted by Crippen LogP contribution is 2.07. The fraction of sp³-hybridized carbons (Fsp3) is 0.727. The Morgan fingerprint density at radius 1 is 1.43 bits per heavy atom. The zero-order valence-corrected chi connectivity index (χ0v) is 9.64. The van der Waals surface area contributed by atoms with Gasteiger partial charge in [0.1, 0.15) is 5.60 Å². The maximum absolute atomic E-state index is 11.2. The minimum absolute atomic E-state index is 0.160. The van der Waals surface area contributed by atoms with Crippen molar-refractivity contribution in [2.75, 3.05) is 13.1 Å². The zero-order chi connectivity index (χ0) is 11.2. The standard InChI is InChI=1S/C11H21NO2/c1-9(2)8-12-7-6-10(13)14-11(3,4)5/h12H,1,6-8H2,2-5H3. The second-order valence-electron chi connectivity index (χ2n) is 4.47. The van der Waals surface area contributed by atoms with Crippen molar-refractivity contribution in [2.45, 2.75) is 39.7 Å². The molecule has 0 bridgehead atoms. The Morgan fingerprint density at radius 3 is 2.43 bits per heavy atom. The van der Waals surface area contributed by atoms with Gasteiger partial charge in [-0.2, -0.15) is 0 Å². The van der Waals surface area contributed by atoms with Crippen LogP contribution in [0.4, 0.5) is 0 Å². The Morgan fingerprint density at radius 2 is 2.00 bits per heavy atom. The summed E-state index contributed by atoms with van der Waals surface area (Å²) in [6.45, 7) is 12.7. The van der Waals surface area contributed by atoms with Crippen molar-refractivity contribution < 1.29 is 9.53 Å². The van der Waals surface area contributed by atoms with E-state index >= 15 is 0 Å². The Balaban J connectivity index is 3.50. The van der Waals surface area contributed by atoms with Gasteiger partial charge in [-0.15, -0.1) is 0 Å². The Labute approximate surface area is 86.5 Å². The summed E-state index contributed by atoms with van der Waals surface area (Å²) >= 11 is 0. The lowest BCUT2D eigenvalue weighted by molar-refractivity contribution is -0.154. The van der Waals surface area contributed by atoms with Crippen LogP contribution in [0.1, 0.15) is 34.1 Å². The van der Waals surface area contributed by atoms with Gasteiger partial charge in [-0.1, -0.05) is 12.2 Å². The molecule has 0 radical (unpaired) electrons. The fourth-order valence-electron chi connectivity index (χ4n) is 0.885. The number of hydrogen-bond acceptors (Lipinski definition) is 3. The van der Waals surface area contributed by atoms with Crippen molar-refractivity contribution in [3.05, 3.63) is 12.2 Å². The molecular weight excluding hydrogens is 178 g/mol. The molecule has 0 aliphatic rings. The quantitative estimate of drug-likeness (QED) is 0.417. The van der Waals surface area contributed by atoms with Gasteiger partial charge in [0.15, 0.2) is 0 Å². The first-order chi connectivity index (χ1) is 6.31. The predicted octanol–water partition coefficient (Wildman–Crippen LogP) is 1.88. The molecule has 3 nitrogen and oxygen atoms in total. The van der Waals surface area contributed by atoms with E-state index in [0.29, 0.717) is 13.0 Å². The van der Waals surface area contributed by atoms with E-state index in [2.05, 4.69) is 11.9 Å². The summed E-state index contributed by atoms with van der Waals surface area (Å²) in [5, 5.41) is 3.10. The number of carbonyl (C=O) groups is 1. The number of rotatable bonds is 5. The molecule has 0 saturated heterocycles. The van der Waals surface area contributed by atoms with Crippen LogP contribution in [-0.2, 0) is 9.53 Å². The maximum atomic E-state index is 11.2. The van der Waals surface area contributed by atoms with E-state index in [1.54, 1.807) is 0 Å². The lowest BCUT2D eigenvalue weighted by Gasteiger charge is -2.19. The first kappa shape index (κ1) is 13.2. The summed E-state index contributed by atoms with van der Waals surface area (Å²) in [6, 6.07) is 0. The molecule has 0 aromatic carbocycles. The molecule has 0 aliphatic carbocycles. The summed E-state index contributed by atoms with van der Waals surface area (Å²) in [5.41, 5.74) is 0.681. The predicted molar refractivity (Wildman–Crippen MR) is 58.1 cm³/mol. The third-order valence-corrected chi connectivity index (χ3v) is 1.35.